The average Bonchev–Trinajstić information content (AvgIpc) is 2.27. The third-order valence-corrected chi connectivity index (χ3v) is 2.73. The van der Waals surface area contributed by atoms with Gasteiger partial charge >= 0.3 is 5.97 Å². The number of ether oxygens (including phenoxy) is 1. The van der Waals surface area contributed by atoms with E-state index in [0.29, 0.717) is 6.61 Å². The van der Waals surface area contributed by atoms with E-state index in [2.05, 4.69) is 0 Å². The maximum Gasteiger partial charge on any atom is 0.330 e. The zero-order valence-corrected chi connectivity index (χ0v) is 10.00. The van der Waals surface area contributed by atoms with E-state index in [1.165, 1.54) is 6.08 Å². The number of benzene rings is 1. The number of carbonyl (C=O) groups excluding carboxylic acids is 1. The van der Waals surface area contributed by atoms with Crippen LogP contribution >= 0.6 is 11.8 Å². The molecule has 0 radical (unpaired) electrons. The zero-order valence-electron chi connectivity index (χ0n) is 9.18. The number of thioether (sulfide) groups is 1. The molecule has 1 rings (SSSR count). The predicted octanol–water partition coefficient (Wildman–Crippen LogP) is 2.48. The number of hydrogen-bond acceptors (Lipinski definition) is 4. The molecule has 0 aliphatic heterocycles. The highest BCUT2D eigenvalue weighted by atomic mass is 32.2. The smallest absolute Gasteiger partial charge is 0.330 e. The van der Waals surface area contributed by atoms with E-state index in [0.717, 1.165) is 16.3 Å². The summed E-state index contributed by atoms with van der Waals surface area (Å²) in [4.78, 5) is 12.1. The molecule has 0 aliphatic rings. The number of carbonyl (C=O) groups is 1. The van der Waals surface area contributed by atoms with E-state index < -0.39 is 0 Å². The number of rotatable bonds is 5. The Morgan fingerprint density at radius 1 is 1.44 bits per heavy atom. The molecule has 0 heterocycles. The average molecular weight is 237 g/mol. The quantitative estimate of drug-likeness (QED) is 0.370. The Hall–Kier alpha value is -1.42. The monoisotopic (exact) mass is 237 g/mol. The van der Waals surface area contributed by atoms with Crippen molar-refractivity contribution in [2.45, 2.75) is 11.8 Å². The molecule has 3 nitrogen and oxygen atoms in total. The molecule has 0 aromatic heterocycles. The molecule has 1 aromatic rings. The maximum atomic E-state index is 11.0. The number of nitrogens with two attached hydrogens (primary N) is 1. The molecule has 0 amide bonds. The summed E-state index contributed by atoms with van der Waals surface area (Å²) in [7, 11) is 0. The molecular weight excluding hydrogens is 222 g/mol. The molecule has 0 aliphatic carbocycles. The fourth-order valence-corrected chi connectivity index (χ4v) is 1.76. The van der Waals surface area contributed by atoms with Crippen molar-refractivity contribution in [3.63, 3.8) is 0 Å². The SMILES string of the molecule is CCOC(=O)/C=C/CSc1ccc(N)cc1. The molecule has 0 atom stereocenters. The molecule has 2 N–H and O–H groups in total. The first-order valence-corrected chi connectivity index (χ1v) is 6.02. The molecule has 0 saturated carbocycles. The third kappa shape index (κ3) is 4.89. The van der Waals surface area contributed by atoms with Crippen LogP contribution in [0.25, 0.3) is 0 Å². The van der Waals surface area contributed by atoms with Crippen molar-refractivity contribution >= 4 is 23.4 Å². The van der Waals surface area contributed by atoms with Gasteiger partial charge in [-0.2, -0.15) is 0 Å². The first-order chi connectivity index (χ1) is 7.72. The number of esters is 1. The highest BCUT2D eigenvalue weighted by molar-refractivity contribution is 7.99. The zero-order chi connectivity index (χ0) is 11.8. The minimum atomic E-state index is -0.291. The van der Waals surface area contributed by atoms with Gasteiger partial charge in [0.1, 0.15) is 0 Å². The van der Waals surface area contributed by atoms with Gasteiger partial charge in [0.25, 0.3) is 0 Å². The fourth-order valence-electron chi connectivity index (χ4n) is 1.04. The first kappa shape index (κ1) is 12.6. The summed E-state index contributed by atoms with van der Waals surface area (Å²) in [6.45, 7) is 2.20. The minimum absolute atomic E-state index is 0.291. The lowest BCUT2D eigenvalue weighted by atomic mass is 10.3. The van der Waals surface area contributed by atoms with Crippen LogP contribution in [0.4, 0.5) is 5.69 Å². The van der Waals surface area contributed by atoms with Crippen molar-refractivity contribution in [1.82, 2.24) is 0 Å². The van der Waals surface area contributed by atoms with Crippen molar-refractivity contribution in [1.29, 1.82) is 0 Å². The number of hydrogen-bond donors (Lipinski definition) is 1. The Balaban J connectivity index is 2.30. The Kier molecular flexibility index (Phi) is 5.50. The van der Waals surface area contributed by atoms with E-state index in [4.69, 9.17) is 10.5 Å². The Labute approximate surface area is 99.7 Å². The lowest BCUT2D eigenvalue weighted by Crippen LogP contribution is -1.98. The topological polar surface area (TPSA) is 52.3 Å². The summed E-state index contributed by atoms with van der Waals surface area (Å²) in [6.07, 6.45) is 3.24. The predicted molar refractivity (Wildman–Crippen MR) is 67.4 cm³/mol. The van der Waals surface area contributed by atoms with E-state index in [-0.39, 0.29) is 5.97 Å². The standard InChI is InChI=1S/C12H15NO2S/c1-2-15-12(14)4-3-9-16-11-7-5-10(13)6-8-11/h3-8H,2,9,13H2,1H3/b4-3+. The van der Waals surface area contributed by atoms with Gasteiger partial charge in [0.15, 0.2) is 0 Å². The van der Waals surface area contributed by atoms with Gasteiger partial charge in [-0.3, -0.25) is 0 Å². The minimum Gasteiger partial charge on any atom is -0.463 e. The van der Waals surface area contributed by atoms with Gasteiger partial charge in [-0.25, -0.2) is 4.79 Å². The van der Waals surface area contributed by atoms with Crippen molar-refractivity contribution in [2.75, 3.05) is 18.1 Å². The summed E-state index contributed by atoms with van der Waals surface area (Å²) in [5, 5.41) is 0. The van der Waals surface area contributed by atoms with Crippen molar-refractivity contribution in [2.24, 2.45) is 0 Å². The molecule has 1 aromatic carbocycles. The van der Waals surface area contributed by atoms with Crippen molar-refractivity contribution in [3.8, 4) is 0 Å². The van der Waals surface area contributed by atoms with Gasteiger partial charge in [0.05, 0.1) is 6.61 Å². The second-order valence-electron chi connectivity index (χ2n) is 3.03. The molecule has 0 unspecified atom stereocenters. The molecule has 16 heavy (non-hydrogen) atoms. The van der Waals surface area contributed by atoms with E-state index in [9.17, 15) is 4.79 Å². The lowest BCUT2D eigenvalue weighted by Gasteiger charge is -1.98. The maximum absolute atomic E-state index is 11.0. The van der Waals surface area contributed by atoms with Gasteiger partial charge in [-0.15, -0.1) is 11.8 Å². The lowest BCUT2D eigenvalue weighted by molar-refractivity contribution is -0.137. The Morgan fingerprint density at radius 2 is 2.12 bits per heavy atom. The molecular formula is C12H15NO2S. The van der Waals surface area contributed by atoms with Crippen LogP contribution in [0.15, 0.2) is 41.3 Å². The summed E-state index contributed by atoms with van der Waals surface area (Å²) in [5.74, 6) is 0.448. The highest BCUT2D eigenvalue weighted by Gasteiger charge is 1.94. The van der Waals surface area contributed by atoms with Gasteiger partial charge in [0.2, 0.25) is 0 Å². The Bertz CT molecular complexity index is 360. The first-order valence-electron chi connectivity index (χ1n) is 5.04. The van der Waals surface area contributed by atoms with E-state index in [1.54, 1.807) is 24.8 Å². The second kappa shape index (κ2) is 6.95. The van der Waals surface area contributed by atoms with Crippen LogP contribution in [0.2, 0.25) is 0 Å². The van der Waals surface area contributed by atoms with Gasteiger partial charge in [-0.05, 0) is 31.2 Å². The van der Waals surface area contributed by atoms with Gasteiger partial charge in [-0.1, -0.05) is 6.08 Å². The normalized spacial score (nSPS) is 10.6. The summed E-state index contributed by atoms with van der Waals surface area (Å²) in [5.41, 5.74) is 6.33. The molecule has 0 saturated heterocycles. The largest absolute Gasteiger partial charge is 0.463 e. The summed E-state index contributed by atoms with van der Waals surface area (Å²) >= 11 is 1.64. The molecule has 0 spiro atoms. The molecule has 0 fully saturated rings. The summed E-state index contributed by atoms with van der Waals surface area (Å²) < 4.78 is 4.76. The second-order valence-corrected chi connectivity index (χ2v) is 4.13. The van der Waals surface area contributed by atoms with Crippen LogP contribution in [0.5, 0.6) is 0 Å². The van der Waals surface area contributed by atoms with Crippen LogP contribution < -0.4 is 5.73 Å². The van der Waals surface area contributed by atoms with Crippen LogP contribution in [0.3, 0.4) is 0 Å². The van der Waals surface area contributed by atoms with E-state index in [1.807, 2.05) is 24.3 Å². The van der Waals surface area contributed by atoms with Crippen LogP contribution in [0, 0.1) is 0 Å². The van der Waals surface area contributed by atoms with Crippen molar-refractivity contribution in [3.05, 3.63) is 36.4 Å². The molecule has 4 heteroatoms. The third-order valence-electron chi connectivity index (χ3n) is 1.77. The number of anilines is 1. The van der Waals surface area contributed by atoms with E-state index >= 15 is 0 Å². The van der Waals surface area contributed by atoms with Gasteiger partial charge in [0, 0.05) is 22.4 Å². The molecule has 86 valence electrons. The number of nitrogen functional groups attached to an aromatic ring is 1. The van der Waals surface area contributed by atoms with Crippen molar-refractivity contribution < 1.29 is 9.53 Å². The fraction of sp³-hybridized carbons (Fsp3) is 0.250. The highest BCUT2D eigenvalue weighted by Crippen LogP contribution is 2.18. The summed E-state index contributed by atoms with van der Waals surface area (Å²) in [6, 6.07) is 7.63. The van der Waals surface area contributed by atoms with Crippen LogP contribution in [-0.4, -0.2) is 18.3 Å². The van der Waals surface area contributed by atoms with Gasteiger partial charge < -0.3 is 10.5 Å². The van der Waals surface area contributed by atoms with Crippen LogP contribution in [-0.2, 0) is 9.53 Å². The molecule has 0 bridgehead atoms. The Morgan fingerprint density at radius 3 is 2.75 bits per heavy atom. The van der Waals surface area contributed by atoms with Crippen LogP contribution in [0.1, 0.15) is 6.92 Å².